The van der Waals surface area contributed by atoms with Crippen molar-refractivity contribution >= 4 is 23.6 Å². The van der Waals surface area contributed by atoms with E-state index >= 15 is 0 Å². The Kier molecular flexibility index (Phi) is 5.91. The largest absolute Gasteiger partial charge is 0.493 e. The summed E-state index contributed by atoms with van der Waals surface area (Å²) in [7, 11) is 0. The summed E-state index contributed by atoms with van der Waals surface area (Å²) >= 11 is 0. The zero-order valence-corrected chi connectivity index (χ0v) is 15.6. The monoisotopic (exact) mass is 365 g/mol. The number of fused-ring (bicyclic) bond motifs is 1. The number of nitrogens with zero attached hydrogens (tertiary/aromatic N) is 1. The molecule has 2 aromatic carbocycles. The number of hydrogen-bond donors (Lipinski definition) is 0. The van der Waals surface area contributed by atoms with Gasteiger partial charge in [-0.3, -0.25) is 4.79 Å². The molecule has 0 aromatic heterocycles. The second-order valence-corrected chi connectivity index (χ2v) is 6.25. The van der Waals surface area contributed by atoms with Crippen LogP contribution in [0.5, 0.6) is 5.75 Å². The Morgan fingerprint density at radius 2 is 1.89 bits per heavy atom. The van der Waals surface area contributed by atoms with Crippen LogP contribution < -0.4 is 9.64 Å². The van der Waals surface area contributed by atoms with E-state index in [1.54, 1.807) is 17.9 Å². The van der Waals surface area contributed by atoms with Crippen LogP contribution in [-0.4, -0.2) is 31.1 Å². The summed E-state index contributed by atoms with van der Waals surface area (Å²) in [6.07, 6.45) is 2.92. The number of esters is 1. The van der Waals surface area contributed by atoms with Crippen LogP contribution in [0.1, 0.15) is 25.0 Å². The van der Waals surface area contributed by atoms with E-state index < -0.39 is 12.1 Å². The molecule has 3 rings (SSSR count). The van der Waals surface area contributed by atoms with Crippen molar-refractivity contribution in [2.45, 2.75) is 26.4 Å². The summed E-state index contributed by atoms with van der Waals surface area (Å²) in [6, 6.07) is 15.2. The molecule has 5 heteroatoms. The molecular weight excluding hydrogens is 342 g/mol. The quantitative estimate of drug-likeness (QED) is 0.580. The van der Waals surface area contributed by atoms with Gasteiger partial charge in [0.15, 0.2) is 6.10 Å². The Morgan fingerprint density at radius 3 is 2.70 bits per heavy atom. The maximum Gasteiger partial charge on any atom is 0.331 e. The molecule has 0 bridgehead atoms. The molecule has 27 heavy (non-hydrogen) atoms. The first-order chi connectivity index (χ1) is 13.1. The highest BCUT2D eigenvalue weighted by Crippen LogP contribution is 2.28. The van der Waals surface area contributed by atoms with Crippen LogP contribution in [0.2, 0.25) is 0 Å². The zero-order valence-electron chi connectivity index (χ0n) is 15.6. The van der Waals surface area contributed by atoms with Gasteiger partial charge in [-0.2, -0.15) is 0 Å². The number of para-hydroxylation sites is 2. The van der Waals surface area contributed by atoms with Gasteiger partial charge >= 0.3 is 5.97 Å². The summed E-state index contributed by atoms with van der Waals surface area (Å²) in [5.74, 6) is -0.0760. The standard InChI is InChI=1S/C22H23NO4/c1-3-26-20-11-7-5-9-18(20)12-13-21(24)27-16(2)22(25)23-15-14-17-8-4-6-10-19(17)23/h4-13,16H,3,14-15H2,1-2H3/b13-12+. The van der Waals surface area contributed by atoms with Crippen LogP contribution in [-0.2, 0) is 20.7 Å². The highest BCUT2D eigenvalue weighted by atomic mass is 16.5. The van der Waals surface area contributed by atoms with Gasteiger partial charge in [-0.1, -0.05) is 36.4 Å². The third kappa shape index (κ3) is 4.37. The maximum atomic E-state index is 12.7. The molecule has 0 saturated carbocycles. The van der Waals surface area contributed by atoms with E-state index in [-0.39, 0.29) is 5.91 Å². The first-order valence-corrected chi connectivity index (χ1v) is 9.10. The Labute approximate surface area is 159 Å². The lowest BCUT2D eigenvalue weighted by atomic mass is 10.2. The van der Waals surface area contributed by atoms with Gasteiger partial charge < -0.3 is 14.4 Å². The van der Waals surface area contributed by atoms with Crippen molar-refractivity contribution < 1.29 is 19.1 Å². The molecule has 0 fully saturated rings. The lowest BCUT2D eigenvalue weighted by molar-refractivity contribution is -0.149. The van der Waals surface area contributed by atoms with Gasteiger partial charge in [-0.05, 0) is 44.0 Å². The summed E-state index contributed by atoms with van der Waals surface area (Å²) in [5, 5.41) is 0. The van der Waals surface area contributed by atoms with Gasteiger partial charge in [0, 0.05) is 23.9 Å². The molecule has 1 aliphatic heterocycles. The second kappa shape index (κ2) is 8.54. The van der Waals surface area contributed by atoms with Crippen molar-refractivity contribution in [2.24, 2.45) is 0 Å². The number of hydrogen-bond acceptors (Lipinski definition) is 4. The third-order valence-electron chi connectivity index (χ3n) is 4.41. The summed E-state index contributed by atoms with van der Waals surface area (Å²) < 4.78 is 10.8. The minimum atomic E-state index is -0.851. The fourth-order valence-electron chi connectivity index (χ4n) is 3.11. The topological polar surface area (TPSA) is 55.8 Å². The van der Waals surface area contributed by atoms with Crippen molar-refractivity contribution in [1.82, 2.24) is 0 Å². The number of carbonyl (C=O) groups is 2. The number of carbonyl (C=O) groups excluding carboxylic acids is 2. The van der Waals surface area contributed by atoms with Crippen LogP contribution in [0.25, 0.3) is 6.08 Å². The summed E-state index contributed by atoms with van der Waals surface area (Å²) in [5.41, 5.74) is 2.81. The molecule has 0 saturated heterocycles. The molecule has 1 amide bonds. The van der Waals surface area contributed by atoms with Crippen LogP contribution in [0, 0.1) is 0 Å². The van der Waals surface area contributed by atoms with E-state index in [2.05, 4.69) is 0 Å². The van der Waals surface area contributed by atoms with Crippen molar-refractivity contribution in [3.63, 3.8) is 0 Å². The van der Waals surface area contributed by atoms with Crippen LogP contribution in [0.4, 0.5) is 5.69 Å². The lowest BCUT2D eigenvalue weighted by Crippen LogP contribution is -2.38. The maximum absolute atomic E-state index is 12.7. The molecule has 1 aliphatic rings. The first kappa shape index (κ1) is 18.7. The Hall–Kier alpha value is -3.08. The number of benzene rings is 2. The van der Waals surface area contributed by atoms with Crippen LogP contribution in [0.3, 0.4) is 0 Å². The van der Waals surface area contributed by atoms with E-state index in [0.29, 0.717) is 18.9 Å². The number of rotatable bonds is 6. The van der Waals surface area contributed by atoms with Gasteiger partial charge in [-0.15, -0.1) is 0 Å². The van der Waals surface area contributed by atoms with E-state index in [9.17, 15) is 9.59 Å². The predicted octanol–water partition coefficient (Wildman–Crippen LogP) is 3.62. The number of anilines is 1. The van der Waals surface area contributed by atoms with E-state index in [1.165, 1.54) is 6.08 Å². The Morgan fingerprint density at radius 1 is 1.15 bits per heavy atom. The second-order valence-electron chi connectivity index (χ2n) is 6.25. The molecule has 2 aromatic rings. The van der Waals surface area contributed by atoms with Crippen LogP contribution in [0.15, 0.2) is 54.6 Å². The molecular formula is C22H23NO4. The average Bonchev–Trinajstić information content (AvgIpc) is 3.11. The van der Waals surface area contributed by atoms with E-state index in [0.717, 1.165) is 23.2 Å². The zero-order chi connectivity index (χ0) is 19.2. The minimum absolute atomic E-state index is 0.212. The summed E-state index contributed by atoms with van der Waals surface area (Å²) in [4.78, 5) is 26.5. The fraction of sp³-hybridized carbons (Fsp3) is 0.273. The Bertz CT molecular complexity index is 859. The predicted molar refractivity (Wildman–Crippen MR) is 105 cm³/mol. The highest BCUT2D eigenvalue weighted by Gasteiger charge is 2.29. The normalized spacial score (nSPS) is 14.1. The Balaban J connectivity index is 1.62. The van der Waals surface area contributed by atoms with Gasteiger partial charge in [0.2, 0.25) is 0 Å². The van der Waals surface area contributed by atoms with Gasteiger partial charge in [0.05, 0.1) is 6.61 Å². The van der Waals surface area contributed by atoms with Crippen molar-refractivity contribution in [2.75, 3.05) is 18.1 Å². The van der Waals surface area contributed by atoms with E-state index in [4.69, 9.17) is 9.47 Å². The molecule has 0 N–H and O–H groups in total. The molecule has 0 spiro atoms. The fourth-order valence-corrected chi connectivity index (χ4v) is 3.11. The summed E-state index contributed by atoms with van der Waals surface area (Å²) in [6.45, 7) is 4.65. The SMILES string of the molecule is CCOc1ccccc1/C=C/C(=O)OC(C)C(=O)N1CCc2ccccc21. The molecule has 140 valence electrons. The van der Waals surface area contributed by atoms with Crippen LogP contribution >= 0.6 is 0 Å². The molecule has 0 aliphatic carbocycles. The highest BCUT2D eigenvalue weighted by molar-refractivity contribution is 6.00. The average molecular weight is 365 g/mol. The molecule has 1 unspecified atom stereocenters. The first-order valence-electron chi connectivity index (χ1n) is 9.10. The lowest BCUT2D eigenvalue weighted by Gasteiger charge is -2.21. The van der Waals surface area contributed by atoms with Crippen molar-refractivity contribution in [1.29, 1.82) is 0 Å². The number of amides is 1. The van der Waals surface area contributed by atoms with Crippen molar-refractivity contribution in [3.8, 4) is 5.75 Å². The minimum Gasteiger partial charge on any atom is -0.493 e. The van der Waals surface area contributed by atoms with E-state index in [1.807, 2.05) is 55.5 Å². The van der Waals surface area contributed by atoms with Gasteiger partial charge in [-0.25, -0.2) is 4.79 Å². The molecule has 1 heterocycles. The van der Waals surface area contributed by atoms with Crippen molar-refractivity contribution in [3.05, 3.63) is 65.7 Å². The van der Waals surface area contributed by atoms with Gasteiger partial charge in [0.1, 0.15) is 5.75 Å². The van der Waals surface area contributed by atoms with Gasteiger partial charge in [0.25, 0.3) is 5.91 Å². The molecule has 5 nitrogen and oxygen atoms in total. The molecule has 1 atom stereocenters. The smallest absolute Gasteiger partial charge is 0.331 e. The third-order valence-corrected chi connectivity index (χ3v) is 4.41. The number of ether oxygens (including phenoxy) is 2. The molecule has 0 radical (unpaired) electrons.